The van der Waals surface area contributed by atoms with Gasteiger partial charge < -0.3 is 10.1 Å². The minimum atomic E-state index is 0.00886. The summed E-state index contributed by atoms with van der Waals surface area (Å²) in [5.41, 5.74) is 7.04. The van der Waals surface area contributed by atoms with Crippen LogP contribution in [0, 0.1) is 0 Å². The van der Waals surface area contributed by atoms with E-state index >= 15 is 0 Å². The predicted octanol–water partition coefficient (Wildman–Crippen LogP) is 4.80. The molecule has 2 atom stereocenters. The van der Waals surface area contributed by atoms with Crippen LogP contribution in [-0.2, 0) is 12.0 Å². The molecule has 4 rings (SSSR count). The number of methoxy groups -OCH3 is 1. The summed E-state index contributed by atoms with van der Waals surface area (Å²) in [6.45, 7) is 6.85. The topological polar surface area (TPSA) is 21.3 Å². The van der Waals surface area contributed by atoms with E-state index in [1.807, 2.05) is 0 Å². The molecule has 0 amide bonds. The van der Waals surface area contributed by atoms with E-state index < -0.39 is 0 Å². The Hall–Kier alpha value is -1.96. The van der Waals surface area contributed by atoms with E-state index in [0.29, 0.717) is 11.8 Å². The van der Waals surface area contributed by atoms with Crippen molar-refractivity contribution in [1.82, 2.24) is 0 Å². The largest absolute Gasteiger partial charge is 0.497 e. The average Bonchev–Trinajstić information content (AvgIpc) is 2.95. The maximum Gasteiger partial charge on any atom is 0.119 e. The van der Waals surface area contributed by atoms with Crippen LogP contribution in [0.3, 0.4) is 0 Å². The van der Waals surface area contributed by atoms with Gasteiger partial charge in [0.15, 0.2) is 0 Å². The number of ether oxygens (including phenoxy) is 1. The number of nitrogens with one attached hydrogen (secondary N) is 1. The van der Waals surface area contributed by atoms with Crippen LogP contribution in [0.2, 0.25) is 0 Å². The highest BCUT2D eigenvalue weighted by Crippen LogP contribution is 2.57. The Bertz CT molecular complexity index is 749. The second-order valence-electron chi connectivity index (χ2n) is 7.08. The molecule has 0 saturated carbocycles. The van der Waals surface area contributed by atoms with Crippen LogP contribution in [-0.4, -0.2) is 7.11 Å². The highest BCUT2D eigenvalue weighted by molar-refractivity contribution is 5.72. The Morgan fingerprint density at radius 3 is 2.73 bits per heavy atom. The molecule has 0 saturated heterocycles. The van der Waals surface area contributed by atoms with Gasteiger partial charge in [-0.15, -0.1) is 0 Å². The lowest BCUT2D eigenvalue weighted by atomic mass is 9.84. The molecule has 1 N–H and O–H groups in total. The molecule has 2 aromatic rings. The first kappa shape index (κ1) is 13.7. The van der Waals surface area contributed by atoms with Gasteiger partial charge >= 0.3 is 0 Å². The first-order chi connectivity index (χ1) is 10.5. The SMILES string of the molecule is COc1cc(C(C)C)c2c(c1)C1Cc3ccccc3C1(C)N2. The molecule has 1 aliphatic carbocycles. The second kappa shape index (κ2) is 4.52. The smallest absolute Gasteiger partial charge is 0.119 e. The summed E-state index contributed by atoms with van der Waals surface area (Å²) in [6, 6.07) is 13.3. The highest BCUT2D eigenvalue weighted by Gasteiger charge is 2.49. The van der Waals surface area contributed by atoms with Gasteiger partial charge in [-0.3, -0.25) is 0 Å². The first-order valence-corrected chi connectivity index (χ1v) is 8.13. The van der Waals surface area contributed by atoms with Crippen LogP contribution in [0.1, 0.15) is 54.9 Å². The summed E-state index contributed by atoms with van der Waals surface area (Å²) in [5.74, 6) is 1.95. The zero-order valence-electron chi connectivity index (χ0n) is 13.7. The summed E-state index contributed by atoms with van der Waals surface area (Å²) in [5, 5.41) is 3.87. The maximum atomic E-state index is 5.56. The molecule has 1 aliphatic heterocycles. The third kappa shape index (κ3) is 1.67. The molecule has 0 bridgehead atoms. The summed E-state index contributed by atoms with van der Waals surface area (Å²) < 4.78 is 5.56. The molecular weight excluding hydrogens is 270 g/mol. The lowest BCUT2D eigenvalue weighted by molar-refractivity contribution is 0.412. The molecule has 0 spiro atoms. The van der Waals surface area contributed by atoms with Crippen LogP contribution in [0.25, 0.3) is 0 Å². The standard InChI is InChI=1S/C20H23NO/c1-12(2)15-10-14(22-4)11-16-18-9-13-7-5-6-8-17(13)20(18,3)21-19(15)16/h5-8,10-12,18,21H,9H2,1-4H3. The predicted molar refractivity (Wildman–Crippen MR) is 90.9 cm³/mol. The zero-order valence-corrected chi connectivity index (χ0v) is 13.7. The maximum absolute atomic E-state index is 5.56. The summed E-state index contributed by atoms with van der Waals surface area (Å²) in [7, 11) is 1.76. The van der Waals surface area contributed by atoms with Crippen LogP contribution in [0.15, 0.2) is 36.4 Å². The molecule has 22 heavy (non-hydrogen) atoms. The van der Waals surface area contributed by atoms with Crippen molar-refractivity contribution >= 4 is 5.69 Å². The van der Waals surface area contributed by atoms with E-state index in [4.69, 9.17) is 4.74 Å². The molecule has 2 aromatic carbocycles. The lowest BCUT2D eigenvalue weighted by Gasteiger charge is -2.27. The normalized spacial score (nSPS) is 24.7. The highest BCUT2D eigenvalue weighted by atomic mass is 16.5. The molecule has 2 heteroatoms. The van der Waals surface area contributed by atoms with Crippen molar-refractivity contribution in [3.05, 3.63) is 58.7 Å². The van der Waals surface area contributed by atoms with E-state index in [1.54, 1.807) is 7.11 Å². The van der Waals surface area contributed by atoms with Crippen molar-refractivity contribution in [2.75, 3.05) is 12.4 Å². The van der Waals surface area contributed by atoms with Crippen LogP contribution in [0.5, 0.6) is 5.75 Å². The van der Waals surface area contributed by atoms with Gasteiger partial charge in [-0.1, -0.05) is 38.1 Å². The zero-order chi connectivity index (χ0) is 15.5. The minimum Gasteiger partial charge on any atom is -0.497 e. The number of fused-ring (bicyclic) bond motifs is 5. The molecule has 0 radical (unpaired) electrons. The molecule has 114 valence electrons. The first-order valence-electron chi connectivity index (χ1n) is 8.13. The van der Waals surface area contributed by atoms with Gasteiger partial charge in [-0.25, -0.2) is 0 Å². The molecule has 0 aromatic heterocycles. The van der Waals surface area contributed by atoms with Gasteiger partial charge in [0.25, 0.3) is 0 Å². The van der Waals surface area contributed by atoms with Gasteiger partial charge in [-0.2, -0.15) is 0 Å². The summed E-state index contributed by atoms with van der Waals surface area (Å²) in [4.78, 5) is 0. The van der Waals surface area contributed by atoms with Crippen LogP contribution < -0.4 is 10.1 Å². The van der Waals surface area contributed by atoms with Crippen molar-refractivity contribution < 1.29 is 4.74 Å². The Labute approximate surface area is 132 Å². The van der Waals surface area contributed by atoms with E-state index in [1.165, 1.54) is 27.9 Å². The molecule has 2 aliphatic rings. The fourth-order valence-electron chi connectivity index (χ4n) is 4.30. The van der Waals surface area contributed by atoms with Crippen molar-refractivity contribution in [2.45, 2.75) is 44.6 Å². The Morgan fingerprint density at radius 1 is 1.23 bits per heavy atom. The van der Waals surface area contributed by atoms with Gasteiger partial charge in [0.05, 0.1) is 12.6 Å². The molecule has 0 fully saturated rings. The van der Waals surface area contributed by atoms with E-state index in [9.17, 15) is 0 Å². The van der Waals surface area contributed by atoms with Crippen LogP contribution in [0.4, 0.5) is 5.69 Å². The molecule has 1 heterocycles. The summed E-state index contributed by atoms with van der Waals surface area (Å²) >= 11 is 0. The third-order valence-electron chi connectivity index (χ3n) is 5.49. The third-order valence-corrected chi connectivity index (χ3v) is 5.49. The Morgan fingerprint density at radius 2 is 2.00 bits per heavy atom. The number of rotatable bonds is 2. The Kier molecular flexibility index (Phi) is 2.81. The van der Waals surface area contributed by atoms with E-state index in [2.05, 4.69) is 62.5 Å². The van der Waals surface area contributed by atoms with Gasteiger partial charge in [0.1, 0.15) is 5.75 Å². The minimum absolute atomic E-state index is 0.00886. The van der Waals surface area contributed by atoms with Crippen molar-refractivity contribution in [3.8, 4) is 5.75 Å². The van der Waals surface area contributed by atoms with Gasteiger partial charge in [-0.05, 0) is 53.6 Å². The summed E-state index contributed by atoms with van der Waals surface area (Å²) in [6.07, 6.45) is 1.11. The van der Waals surface area contributed by atoms with E-state index in [-0.39, 0.29) is 5.54 Å². The number of benzene rings is 2. The van der Waals surface area contributed by atoms with Crippen molar-refractivity contribution in [1.29, 1.82) is 0 Å². The fourth-order valence-corrected chi connectivity index (χ4v) is 4.30. The molecular formula is C20H23NO. The molecule has 2 nitrogen and oxygen atoms in total. The monoisotopic (exact) mass is 293 g/mol. The van der Waals surface area contributed by atoms with E-state index in [0.717, 1.165) is 12.2 Å². The van der Waals surface area contributed by atoms with Gasteiger partial charge in [0, 0.05) is 11.6 Å². The quantitative estimate of drug-likeness (QED) is 0.858. The average molecular weight is 293 g/mol. The van der Waals surface area contributed by atoms with Gasteiger partial charge in [0.2, 0.25) is 0 Å². The van der Waals surface area contributed by atoms with Crippen LogP contribution >= 0.6 is 0 Å². The van der Waals surface area contributed by atoms with Crippen molar-refractivity contribution in [3.63, 3.8) is 0 Å². The Balaban J connectivity index is 1.90. The molecule has 2 unspecified atom stereocenters. The number of hydrogen-bond donors (Lipinski definition) is 1. The van der Waals surface area contributed by atoms with Crippen molar-refractivity contribution in [2.24, 2.45) is 0 Å². The fraction of sp³-hybridized carbons (Fsp3) is 0.400. The number of hydrogen-bond acceptors (Lipinski definition) is 2. The second-order valence-corrected chi connectivity index (χ2v) is 7.08. The number of anilines is 1. The lowest BCUT2D eigenvalue weighted by Crippen LogP contribution is -2.29.